The summed E-state index contributed by atoms with van der Waals surface area (Å²) < 4.78 is 78.7. The molecule has 0 aromatic heterocycles. The summed E-state index contributed by atoms with van der Waals surface area (Å²) >= 11 is 0. The topological polar surface area (TPSA) is 27.7 Å². The molecule has 0 amide bonds. The first kappa shape index (κ1) is 16.8. The quantitative estimate of drug-likeness (QED) is 0.555. The molecule has 10 heteroatoms. The largest absolute Gasteiger partial charge is 0.712 e. The van der Waals surface area contributed by atoms with E-state index >= 15 is 0 Å². The third-order valence-electron chi connectivity index (χ3n) is 2.85. The van der Waals surface area contributed by atoms with E-state index in [9.17, 15) is 19.4 Å². The van der Waals surface area contributed by atoms with E-state index in [1.165, 1.54) is 32.4 Å². The summed E-state index contributed by atoms with van der Waals surface area (Å²) in [6.45, 7) is 0. The van der Waals surface area contributed by atoms with Gasteiger partial charge in [0.15, 0.2) is 0 Å². The van der Waals surface area contributed by atoms with Gasteiger partial charge in [-0.15, -0.1) is 0 Å². The SMILES string of the molecule is COB(OC)Oc1ccc2cc(S(F)(F)(F)(F)F)ccc2c1. The van der Waals surface area contributed by atoms with Gasteiger partial charge in [-0.2, -0.15) is 0 Å². The van der Waals surface area contributed by atoms with Gasteiger partial charge in [0.25, 0.3) is 0 Å². The van der Waals surface area contributed by atoms with Crippen molar-refractivity contribution in [2.45, 2.75) is 4.90 Å². The number of hydrogen-bond donors (Lipinski definition) is 0. The minimum Gasteiger partial charge on any atom is -0.512 e. The fraction of sp³-hybridized carbons (Fsp3) is 0.167. The highest BCUT2D eigenvalue weighted by atomic mass is 32.5. The molecule has 0 heterocycles. The maximum Gasteiger partial charge on any atom is 0.712 e. The highest BCUT2D eigenvalue weighted by molar-refractivity contribution is 8.45. The van der Waals surface area contributed by atoms with Gasteiger partial charge in [-0.25, -0.2) is 0 Å². The molecule has 0 saturated heterocycles. The number of hydrogen-bond acceptors (Lipinski definition) is 3. The molecule has 2 aromatic carbocycles. The van der Waals surface area contributed by atoms with Gasteiger partial charge in [-0.05, 0) is 35.0 Å². The van der Waals surface area contributed by atoms with E-state index in [1.54, 1.807) is 0 Å². The van der Waals surface area contributed by atoms with Crippen LogP contribution in [0, 0.1) is 0 Å². The van der Waals surface area contributed by atoms with Gasteiger partial charge in [0.1, 0.15) is 10.6 Å². The number of rotatable bonds is 5. The Balaban J connectivity index is 2.42. The van der Waals surface area contributed by atoms with E-state index in [4.69, 9.17) is 14.0 Å². The zero-order valence-corrected chi connectivity index (χ0v) is 12.4. The van der Waals surface area contributed by atoms with Gasteiger partial charge >= 0.3 is 17.5 Å². The molecule has 2 rings (SSSR count). The van der Waals surface area contributed by atoms with Crippen molar-refractivity contribution in [1.29, 1.82) is 0 Å². The molecule has 0 saturated carbocycles. The molecule has 0 aliphatic heterocycles. The highest BCUT2D eigenvalue weighted by Gasteiger charge is 2.65. The Morgan fingerprint density at radius 1 is 0.818 bits per heavy atom. The van der Waals surface area contributed by atoms with Crippen LogP contribution in [0.2, 0.25) is 0 Å². The lowest BCUT2D eigenvalue weighted by Gasteiger charge is -2.40. The molecule has 22 heavy (non-hydrogen) atoms. The van der Waals surface area contributed by atoms with E-state index in [0.717, 1.165) is 6.07 Å². The second kappa shape index (κ2) is 4.74. The van der Waals surface area contributed by atoms with E-state index in [0.29, 0.717) is 17.5 Å². The van der Waals surface area contributed by atoms with Crippen LogP contribution in [-0.4, -0.2) is 21.5 Å². The summed E-state index contributed by atoms with van der Waals surface area (Å²) in [6.07, 6.45) is 0. The second-order valence-corrected chi connectivity index (χ2v) is 6.93. The third kappa shape index (κ3) is 3.82. The van der Waals surface area contributed by atoms with Gasteiger partial charge in [0.05, 0.1) is 0 Å². The molecule has 3 nitrogen and oxygen atoms in total. The van der Waals surface area contributed by atoms with Crippen molar-refractivity contribution in [1.82, 2.24) is 0 Å². The molecule has 0 fully saturated rings. The highest BCUT2D eigenvalue weighted by Crippen LogP contribution is 3.02. The maximum atomic E-state index is 12.8. The predicted octanol–water partition coefficient (Wildman–Crippen LogP) is 5.15. The van der Waals surface area contributed by atoms with Crippen molar-refractivity contribution < 1.29 is 33.4 Å². The first-order chi connectivity index (χ1) is 9.92. The Bertz CT molecular complexity index is 703. The average molecular weight is 342 g/mol. The van der Waals surface area contributed by atoms with Crippen LogP contribution in [0.1, 0.15) is 0 Å². The maximum absolute atomic E-state index is 12.8. The summed E-state index contributed by atoms with van der Waals surface area (Å²) in [7, 11) is -7.98. The Labute approximate surface area is 123 Å². The fourth-order valence-electron chi connectivity index (χ4n) is 1.82. The minimum absolute atomic E-state index is 0.0180. The predicted molar refractivity (Wildman–Crippen MR) is 75.7 cm³/mol. The van der Waals surface area contributed by atoms with Gasteiger partial charge in [-0.1, -0.05) is 31.6 Å². The van der Waals surface area contributed by atoms with Gasteiger partial charge in [0, 0.05) is 14.2 Å². The minimum atomic E-state index is -9.68. The van der Waals surface area contributed by atoms with Gasteiger partial charge in [-0.3, -0.25) is 0 Å². The molecular formula is C12H12BF5O3S. The first-order valence-electron chi connectivity index (χ1n) is 5.93. The van der Waals surface area contributed by atoms with Gasteiger partial charge in [0.2, 0.25) is 0 Å². The van der Waals surface area contributed by atoms with Crippen molar-refractivity contribution in [3.05, 3.63) is 36.4 Å². The fourth-order valence-corrected chi connectivity index (χ4v) is 2.49. The number of benzene rings is 2. The molecule has 0 aliphatic carbocycles. The van der Waals surface area contributed by atoms with Crippen molar-refractivity contribution in [3.8, 4) is 5.75 Å². The lowest BCUT2D eigenvalue weighted by molar-refractivity contribution is 0.201. The molecule has 0 unspecified atom stereocenters. The smallest absolute Gasteiger partial charge is 0.512 e. The van der Waals surface area contributed by atoms with E-state index in [1.807, 2.05) is 0 Å². The summed E-state index contributed by atoms with van der Waals surface area (Å²) in [6, 6.07) is 5.73. The molecule has 0 spiro atoms. The Morgan fingerprint density at radius 3 is 1.91 bits per heavy atom. The summed E-state index contributed by atoms with van der Waals surface area (Å²) in [5.41, 5.74) is 0. The molecule has 2 aromatic rings. The van der Waals surface area contributed by atoms with Crippen molar-refractivity contribution >= 4 is 28.3 Å². The Kier molecular flexibility index (Phi) is 3.63. The van der Waals surface area contributed by atoms with Crippen LogP contribution in [0.5, 0.6) is 5.75 Å². The third-order valence-corrected chi connectivity index (χ3v) is 3.99. The lowest BCUT2D eigenvalue weighted by atomic mass is 10.1. The summed E-state index contributed by atoms with van der Waals surface area (Å²) in [4.78, 5) is -1.92. The Hall–Kier alpha value is -1.52. The van der Waals surface area contributed by atoms with Crippen LogP contribution in [0.3, 0.4) is 0 Å². The molecule has 0 bridgehead atoms. The zero-order valence-electron chi connectivity index (χ0n) is 11.6. The normalized spacial score (nSPS) is 15.2. The first-order valence-corrected chi connectivity index (χ1v) is 7.88. The molecule has 122 valence electrons. The summed E-state index contributed by atoms with van der Waals surface area (Å²) in [5.74, 6) is 0.265. The van der Waals surface area contributed by atoms with Crippen molar-refractivity contribution in [2.24, 2.45) is 0 Å². The number of fused-ring (bicyclic) bond motifs is 1. The van der Waals surface area contributed by atoms with Crippen LogP contribution in [0.15, 0.2) is 41.3 Å². The van der Waals surface area contributed by atoms with Crippen molar-refractivity contribution in [2.75, 3.05) is 14.2 Å². The molecule has 0 aliphatic rings. The van der Waals surface area contributed by atoms with Crippen LogP contribution in [-0.2, 0) is 9.31 Å². The molecule has 0 radical (unpaired) electrons. The van der Waals surface area contributed by atoms with E-state index < -0.39 is 22.4 Å². The lowest BCUT2D eigenvalue weighted by Crippen LogP contribution is -2.27. The van der Waals surface area contributed by atoms with E-state index in [2.05, 4.69) is 0 Å². The van der Waals surface area contributed by atoms with Crippen molar-refractivity contribution in [3.63, 3.8) is 0 Å². The van der Waals surface area contributed by atoms with Crippen LogP contribution >= 0.6 is 10.2 Å². The molecule has 0 N–H and O–H groups in total. The van der Waals surface area contributed by atoms with Crippen LogP contribution < -0.4 is 4.65 Å². The molecule has 0 atom stereocenters. The van der Waals surface area contributed by atoms with Crippen LogP contribution in [0.4, 0.5) is 19.4 Å². The zero-order chi connectivity index (χ0) is 16.7. The van der Waals surface area contributed by atoms with Crippen LogP contribution in [0.25, 0.3) is 10.8 Å². The standard InChI is InChI=1S/C12H12BF5O3S/c1-19-13(20-2)21-11-5-3-10-8-12(6-4-9(10)7-11)22(14,15,16,17)18/h3-8H,1-2H3. The Morgan fingerprint density at radius 2 is 1.36 bits per heavy atom. The number of halogens is 5. The second-order valence-electron chi connectivity index (χ2n) is 4.52. The average Bonchev–Trinajstić information content (AvgIpc) is 2.41. The van der Waals surface area contributed by atoms with E-state index in [-0.39, 0.29) is 11.1 Å². The summed E-state index contributed by atoms with van der Waals surface area (Å²) in [5, 5.41) is 0.332. The van der Waals surface area contributed by atoms with Gasteiger partial charge < -0.3 is 14.0 Å². The molecular weight excluding hydrogens is 330 g/mol. The monoisotopic (exact) mass is 342 g/mol.